The number of amides is 1. The van der Waals surface area contributed by atoms with E-state index in [0.717, 1.165) is 5.69 Å². The van der Waals surface area contributed by atoms with E-state index in [1.165, 1.54) is 0 Å². The summed E-state index contributed by atoms with van der Waals surface area (Å²) in [5.41, 5.74) is 9.11. The Bertz CT molecular complexity index is 1210. The number of nitrogens with zero attached hydrogens (tertiary/aromatic N) is 5. The fourth-order valence-electron chi connectivity index (χ4n) is 3.14. The molecule has 0 spiro atoms. The van der Waals surface area contributed by atoms with Gasteiger partial charge in [0.1, 0.15) is 17.3 Å². The number of hydrogen-bond acceptors (Lipinski definition) is 7. The molecule has 1 amide bonds. The molecular weight excluding hydrogens is 380 g/mol. The van der Waals surface area contributed by atoms with Gasteiger partial charge in [-0.2, -0.15) is 5.10 Å². The number of nitrogen functional groups attached to an aromatic ring is 1. The first-order valence-corrected chi connectivity index (χ1v) is 9.54. The van der Waals surface area contributed by atoms with E-state index < -0.39 is 0 Å². The first-order chi connectivity index (χ1) is 14.4. The van der Waals surface area contributed by atoms with Gasteiger partial charge in [-0.3, -0.25) is 4.79 Å². The highest BCUT2D eigenvalue weighted by Gasteiger charge is 2.18. The first kappa shape index (κ1) is 19.3. The first-order valence-electron chi connectivity index (χ1n) is 9.54. The molecule has 0 fully saturated rings. The highest BCUT2D eigenvalue weighted by molar-refractivity contribution is 5.95. The van der Waals surface area contributed by atoms with Crippen LogP contribution in [0.25, 0.3) is 17.0 Å². The van der Waals surface area contributed by atoms with Crippen LogP contribution in [-0.2, 0) is 0 Å². The number of carbonyl (C=O) groups excluding carboxylic acids is 1. The van der Waals surface area contributed by atoms with Crippen LogP contribution in [0.5, 0.6) is 0 Å². The van der Waals surface area contributed by atoms with Crippen molar-refractivity contribution in [2.45, 2.75) is 26.8 Å². The van der Waals surface area contributed by atoms with Gasteiger partial charge >= 0.3 is 0 Å². The van der Waals surface area contributed by atoms with Gasteiger partial charge in [-0.1, -0.05) is 6.07 Å². The molecule has 0 unspecified atom stereocenters. The number of fused-ring (bicyclic) bond motifs is 1. The molecule has 4 aromatic rings. The minimum absolute atomic E-state index is 0.0525. The summed E-state index contributed by atoms with van der Waals surface area (Å²) in [5.74, 6) is 1.33. The molecule has 152 valence electrons. The van der Waals surface area contributed by atoms with Crippen LogP contribution in [0.4, 0.5) is 17.3 Å². The number of benzene rings is 1. The van der Waals surface area contributed by atoms with Crippen LogP contribution in [0, 0.1) is 6.92 Å². The third-order valence-corrected chi connectivity index (χ3v) is 4.30. The van der Waals surface area contributed by atoms with E-state index in [4.69, 9.17) is 5.73 Å². The highest BCUT2D eigenvalue weighted by atomic mass is 16.1. The van der Waals surface area contributed by atoms with Gasteiger partial charge in [0.25, 0.3) is 5.91 Å². The van der Waals surface area contributed by atoms with Gasteiger partial charge in [0.15, 0.2) is 11.5 Å². The van der Waals surface area contributed by atoms with Crippen molar-refractivity contribution in [3.05, 3.63) is 60.0 Å². The topological polar surface area (TPSA) is 123 Å². The van der Waals surface area contributed by atoms with Crippen LogP contribution < -0.4 is 16.4 Å². The monoisotopic (exact) mass is 402 g/mol. The molecule has 3 heterocycles. The lowest BCUT2D eigenvalue weighted by atomic mass is 10.1. The summed E-state index contributed by atoms with van der Waals surface area (Å²) in [7, 11) is 0. The minimum Gasteiger partial charge on any atom is -0.384 e. The highest BCUT2D eigenvalue weighted by Crippen LogP contribution is 2.30. The summed E-state index contributed by atoms with van der Waals surface area (Å²) in [6.07, 6.45) is 1.68. The third-order valence-electron chi connectivity index (χ3n) is 4.30. The van der Waals surface area contributed by atoms with Crippen LogP contribution in [0.2, 0.25) is 0 Å². The Balaban J connectivity index is 1.78. The number of nitrogens with two attached hydrogens (primary N) is 1. The fourth-order valence-corrected chi connectivity index (χ4v) is 3.14. The van der Waals surface area contributed by atoms with Crippen LogP contribution in [0.1, 0.15) is 30.0 Å². The predicted octanol–water partition coefficient (Wildman–Crippen LogP) is 2.96. The van der Waals surface area contributed by atoms with E-state index in [-0.39, 0.29) is 11.9 Å². The van der Waals surface area contributed by atoms with E-state index in [1.54, 1.807) is 35.8 Å². The second-order valence-corrected chi connectivity index (χ2v) is 7.16. The van der Waals surface area contributed by atoms with Gasteiger partial charge in [-0.25, -0.2) is 19.5 Å². The van der Waals surface area contributed by atoms with E-state index in [0.29, 0.717) is 40.1 Å². The number of nitrogens with one attached hydrogen (secondary N) is 2. The molecule has 4 N–H and O–H groups in total. The molecule has 0 radical (unpaired) electrons. The van der Waals surface area contributed by atoms with Crippen LogP contribution in [-0.4, -0.2) is 36.5 Å². The molecule has 1 aromatic carbocycles. The molecule has 0 aliphatic carbocycles. The molecule has 0 bridgehead atoms. The lowest BCUT2D eigenvalue weighted by molar-refractivity contribution is 0.0943. The molecule has 3 aromatic heterocycles. The Hall–Kier alpha value is -4.01. The Morgan fingerprint density at radius 1 is 1.10 bits per heavy atom. The molecular formula is C21H22N8O. The Labute approximate surface area is 173 Å². The fraction of sp³-hybridized carbons (Fsp3) is 0.190. The van der Waals surface area contributed by atoms with Gasteiger partial charge in [-0.15, -0.1) is 0 Å². The number of imidazole rings is 1. The number of aryl methyl sites for hydroxylation is 1. The summed E-state index contributed by atoms with van der Waals surface area (Å²) < 4.78 is 1.69. The van der Waals surface area contributed by atoms with Crippen molar-refractivity contribution < 1.29 is 4.79 Å². The number of anilines is 3. The van der Waals surface area contributed by atoms with Gasteiger partial charge in [0.2, 0.25) is 0 Å². The molecule has 9 heteroatoms. The molecule has 0 atom stereocenters. The molecule has 0 aliphatic rings. The Morgan fingerprint density at radius 2 is 1.93 bits per heavy atom. The van der Waals surface area contributed by atoms with Gasteiger partial charge in [-0.05, 0) is 51.1 Å². The van der Waals surface area contributed by atoms with Crippen LogP contribution in [0.3, 0.4) is 0 Å². The van der Waals surface area contributed by atoms with Gasteiger partial charge in [0.05, 0.1) is 5.69 Å². The largest absolute Gasteiger partial charge is 0.384 e. The van der Waals surface area contributed by atoms with Crippen molar-refractivity contribution in [2.24, 2.45) is 0 Å². The van der Waals surface area contributed by atoms with Crippen molar-refractivity contribution in [3.8, 4) is 11.4 Å². The zero-order chi connectivity index (χ0) is 21.3. The predicted molar refractivity (Wildman–Crippen MR) is 115 cm³/mol. The third kappa shape index (κ3) is 3.90. The van der Waals surface area contributed by atoms with Gasteiger partial charge < -0.3 is 16.4 Å². The van der Waals surface area contributed by atoms with E-state index in [9.17, 15) is 4.79 Å². The van der Waals surface area contributed by atoms with E-state index in [2.05, 4.69) is 30.7 Å². The minimum atomic E-state index is -0.134. The van der Waals surface area contributed by atoms with Crippen molar-refractivity contribution in [1.29, 1.82) is 0 Å². The Kier molecular flexibility index (Phi) is 5.01. The summed E-state index contributed by atoms with van der Waals surface area (Å²) in [5, 5.41) is 10.6. The van der Waals surface area contributed by atoms with Gasteiger partial charge in [0, 0.05) is 29.6 Å². The smallest absolute Gasteiger partial charge is 0.251 e. The van der Waals surface area contributed by atoms with Crippen LogP contribution >= 0.6 is 0 Å². The molecule has 0 saturated heterocycles. The van der Waals surface area contributed by atoms with Crippen LogP contribution in [0.15, 0.2) is 48.7 Å². The van der Waals surface area contributed by atoms with Crippen molar-refractivity contribution in [1.82, 2.24) is 29.9 Å². The molecule has 0 saturated carbocycles. The number of rotatable bonds is 5. The summed E-state index contributed by atoms with van der Waals surface area (Å²) in [4.78, 5) is 25.7. The van der Waals surface area contributed by atoms with Crippen molar-refractivity contribution in [2.75, 3.05) is 11.1 Å². The average Bonchev–Trinajstić information content (AvgIpc) is 3.04. The van der Waals surface area contributed by atoms with E-state index in [1.807, 2.05) is 38.1 Å². The number of carbonyl (C=O) groups is 1. The molecule has 4 rings (SSSR count). The number of hydrogen-bond donors (Lipinski definition) is 3. The Morgan fingerprint density at radius 3 is 2.70 bits per heavy atom. The second-order valence-electron chi connectivity index (χ2n) is 7.16. The molecule has 0 aliphatic heterocycles. The maximum absolute atomic E-state index is 12.4. The standard InChI is InChI=1S/C21H22N8O/c1-12(2)24-21(30)14-6-4-7-15(10-14)27-20-19(16-11-17(22)26-13(3)25-16)29-18(28-20)8-5-9-23-29/h4-12,27H,1-3H3,(H,24,30)(H2,22,25,26). The maximum Gasteiger partial charge on any atom is 0.251 e. The van der Waals surface area contributed by atoms with Crippen molar-refractivity contribution in [3.63, 3.8) is 0 Å². The summed E-state index contributed by atoms with van der Waals surface area (Å²) in [6, 6.07) is 12.6. The lowest BCUT2D eigenvalue weighted by Gasteiger charge is -2.11. The maximum atomic E-state index is 12.4. The normalized spacial score (nSPS) is 11.1. The lowest BCUT2D eigenvalue weighted by Crippen LogP contribution is -2.30. The van der Waals surface area contributed by atoms with E-state index >= 15 is 0 Å². The molecule has 9 nitrogen and oxygen atoms in total. The SMILES string of the molecule is Cc1nc(N)cc(-c2c(Nc3cccc(C(=O)NC(C)C)c3)nc3cccnn23)n1. The quantitative estimate of drug-likeness (QED) is 0.469. The summed E-state index contributed by atoms with van der Waals surface area (Å²) in [6.45, 7) is 5.62. The average molecular weight is 402 g/mol. The number of aromatic nitrogens is 5. The zero-order valence-corrected chi connectivity index (χ0v) is 16.9. The zero-order valence-electron chi connectivity index (χ0n) is 16.9. The molecule has 30 heavy (non-hydrogen) atoms. The second kappa shape index (κ2) is 7.78. The summed E-state index contributed by atoms with van der Waals surface area (Å²) >= 11 is 0. The van der Waals surface area contributed by atoms with Crippen molar-refractivity contribution >= 4 is 28.9 Å².